The van der Waals surface area contributed by atoms with E-state index in [0.717, 1.165) is 0 Å². The normalized spacial score (nSPS) is 9.70. The number of para-hydroxylation sites is 1. The first-order valence-electron chi connectivity index (χ1n) is 6.00. The summed E-state index contributed by atoms with van der Waals surface area (Å²) in [5, 5.41) is 14.0. The molecule has 1 rings (SSSR count). The second-order valence-corrected chi connectivity index (χ2v) is 4.13. The molecule has 0 aliphatic carbocycles. The van der Waals surface area contributed by atoms with Crippen LogP contribution in [0.25, 0.3) is 0 Å². The van der Waals surface area contributed by atoms with Crippen molar-refractivity contribution >= 4 is 23.6 Å². The van der Waals surface area contributed by atoms with Gasteiger partial charge in [0.05, 0.1) is 11.3 Å². The Hall–Kier alpha value is -2.57. The molecule has 7 nitrogen and oxygen atoms in total. The number of anilines is 1. The van der Waals surface area contributed by atoms with Crippen molar-refractivity contribution in [2.24, 2.45) is 0 Å². The summed E-state index contributed by atoms with van der Waals surface area (Å²) in [6.07, 6.45) is 0.182. The fraction of sp³-hybridized carbons (Fsp3) is 0.308. The molecule has 0 fully saturated rings. The van der Waals surface area contributed by atoms with Crippen LogP contribution < -0.4 is 10.6 Å². The third-order valence-corrected chi connectivity index (χ3v) is 2.70. The van der Waals surface area contributed by atoms with Crippen molar-refractivity contribution in [1.29, 1.82) is 0 Å². The van der Waals surface area contributed by atoms with Crippen molar-refractivity contribution in [1.82, 2.24) is 10.2 Å². The maximum Gasteiger partial charge on any atom is 0.337 e. The smallest absolute Gasteiger partial charge is 0.337 e. The Morgan fingerprint density at radius 1 is 1.25 bits per heavy atom. The minimum absolute atomic E-state index is 0.0144. The van der Waals surface area contributed by atoms with Gasteiger partial charge in [0.2, 0.25) is 5.91 Å². The van der Waals surface area contributed by atoms with Crippen LogP contribution in [0, 0.1) is 0 Å². The van der Waals surface area contributed by atoms with Gasteiger partial charge in [-0.05, 0) is 12.1 Å². The van der Waals surface area contributed by atoms with Crippen LogP contribution in [-0.4, -0.2) is 48.6 Å². The molecule has 0 atom stereocenters. The van der Waals surface area contributed by atoms with Gasteiger partial charge in [-0.3, -0.25) is 4.79 Å². The highest BCUT2D eigenvalue weighted by atomic mass is 16.4. The molecule has 0 radical (unpaired) electrons. The number of urea groups is 1. The van der Waals surface area contributed by atoms with Gasteiger partial charge < -0.3 is 20.6 Å². The average molecular weight is 279 g/mol. The van der Waals surface area contributed by atoms with Crippen molar-refractivity contribution in [3.05, 3.63) is 29.8 Å². The summed E-state index contributed by atoms with van der Waals surface area (Å²) in [7, 11) is 3.05. The van der Waals surface area contributed by atoms with Gasteiger partial charge in [0.25, 0.3) is 0 Å². The van der Waals surface area contributed by atoms with E-state index >= 15 is 0 Å². The number of aromatic carboxylic acids is 1. The lowest BCUT2D eigenvalue weighted by Crippen LogP contribution is -2.34. The van der Waals surface area contributed by atoms with E-state index < -0.39 is 12.0 Å². The number of nitrogens with one attached hydrogen (secondary N) is 2. The van der Waals surface area contributed by atoms with Crippen LogP contribution in [0.3, 0.4) is 0 Å². The summed E-state index contributed by atoms with van der Waals surface area (Å²) >= 11 is 0. The lowest BCUT2D eigenvalue weighted by molar-refractivity contribution is -0.120. The van der Waals surface area contributed by atoms with Crippen molar-refractivity contribution in [3.63, 3.8) is 0 Å². The molecule has 0 saturated carbocycles. The first kappa shape index (κ1) is 15.5. The second kappa shape index (κ2) is 7.13. The molecule has 0 heterocycles. The standard InChI is InChI=1S/C13H17N3O4/c1-14-11(17)7-8-16(2)13(20)15-10-6-4-3-5-9(10)12(18)19/h3-6H,7-8H2,1-2H3,(H,14,17)(H,15,20)(H,18,19). The number of carbonyl (C=O) groups is 3. The third-order valence-electron chi connectivity index (χ3n) is 2.70. The molecule has 0 aromatic heterocycles. The maximum atomic E-state index is 11.9. The summed E-state index contributed by atoms with van der Waals surface area (Å²) in [5.41, 5.74) is 0.234. The maximum absolute atomic E-state index is 11.9. The lowest BCUT2D eigenvalue weighted by Gasteiger charge is -2.18. The number of amides is 3. The number of carbonyl (C=O) groups excluding carboxylic acids is 2. The summed E-state index contributed by atoms with van der Waals surface area (Å²) in [6, 6.07) is 5.65. The third kappa shape index (κ3) is 4.27. The van der Waals surface area contributed by atoms with Crippen LogP contribution in [0.5, 0.6) is 0 Å². The molecule has 1 aromatic carbocycles. The number of benzene rings is 1. The van der Waals surface area contributed by atoms with E-state index in [-0.39, 0.29) is 30.1 Å². The molecule has 0 spiro atoms. The minimum atomic E-state index is -1.12. The fourth-order valence-electron chi connectivity index (χ4n) is 1.49. The highest BCUT2D eigenvalue weighted by Gasteiger charge is 2.14. The molecule has 3 N–H and O–H groups in total. The van der Waals surface area contributed by atoms with E-state index in [9.17, 15) is 14.4 Å². The molecule has 0 aliphatic rings. The average Bonchev–Trinajstić information content (AvgIpc) is 2.44. The zero-order valence-electron chi connectivity index (χ0n) is 11.3. The zero-order chi connectivity index (χ0) is 15.1. The summed E-state index contributed by atoms with van der Waals surface area (Å²) in [5.74, 6) is -1.29. The van der Waals surface area contributed by atoms with E-state index in [1.54, 1.807) is 12.1 Å². The van der Waals surface area contributed by atoms with Gasteiger partial charge >= 0.3 is 12.0 Å². The van der Waals surface area contributed by atoms with Crippen LogP contribution in [0.15, 0.2) is 24.3 Å². The van der Waals surface area contributed by atoms with Crippen molar-refractivity contribution in [2.45, 2.75) is 6.42 Å². The van der Waals surface area contributed by atoms with Gasteiger partial charge in [-0.1, -0.05) is 12.1 Å². The molecule has 0 bridgehead atoms. The second-order valence-electron chi connectivity index (χ2n) is 4.13. The van der Waals surface area contributed by atoms with Crippen molar-refractivity contribution in [3.8, 4) is 0 Å². The Bertz CT molecular complexity index is 516. The molecular formula is C13H17N3O4. The van der Waals surface area contributed by atoms with Crippen LogP contribution in [0.1, 0.15) is 16.8 Å². The lowest BCUT2D eigenvalue weighted by atomic mass is 10.2. The van der Waals surface area contributed by atoms with E-state index in [1.165, 1.54) is 31.1 Å². The van der Waals surface area contributed by atoms with Crippen molar-refractivity contribution < 1.29 is 19.5 Å². The first-order valence-corrected chi connectivity index (χ1v) is 6.00. The minimum Gasteiger partial charge on any atom is -0.478 e. The number of carboxylic acid groups (broad SMARTS) is 1. The predicted octanol–water partition coefficient (Wildman–Crippen LogP) is 0.985. The predicted molar refractivity (Wildman–Crippen MR) is 73.7 cm³/mol. The molecule has 0 aliphatic heterocycles. The van der Waals surface area contributed by atoms with Crippen LogP contribution in [0.4, 0.5) is 10.5 Å². The highest BCUT2D eigenvalue weighted by Crippen LogP contribution is 2.15. The quantitative estimate of drug-likeness (QED) is 0.748. The molecule has 0 saturated heterocycles. The topological polar surface area (TPSA) is 98.7 Å². The van der Waals surface area contributed by atoms with Crippen LogP contribution in [-0.2, 0) is 4.79 Å². The molecular weight excluding hydrogens is 262 g/mol. The molecule has 3 amide bonds. The van der Waals surface area contributed by atoms with E-state index in [4.69, 9.17) is 5.11 Å². The van der Waals surface area contributed by atoms with E-state index in [0.29, 0.717) is 0 Å². The molecule has 7 heteroatoms. The number of carboxylic acids is 1. The number of nitrogens with zero attached hydrogens (tertiary/aromatic N) is 1. The molecule has 108 valence electrons. The SMILES string of the molecule is CNC(=O)CCN(C)C(=O)Nc1ccccc1C(=O)O. The van der Waals surface area contributed by atoms with Crippen LogP contribution >= 0.6 is 0 Å². The Labute approximate surface area is 116 Å². The van der Waals surface area contributed by atoms with E-state index in [1.807, 2.05) is 0 Å². The Morgan fingerprint density at radius 3 is 2.50 bits per heavy atom. The largest absolute Gasteiger partial charge is 0.478 e. The Balaban J connectivity index is 2.66. The summed E-state index contributed by atoms with van der Waals surface area (Å²) in [4.78, 5) is 35.3. The monoisotopic (exact) mass is 279 g/mol. The highest BCUT2D eigenvalue weighted by molar-refractivity contribution is 5.99. The number of rotatable bonds is 5. The number of hydrogen-bond donors (Lipinski definition) is 3. The van der Waals surface area contributed by atoms with Crippen molar-refractivity contribution in [2.75, 3.05) is 26.0 Å². The molecule has 0 unspecified atom stereocenters. The fourth-order valence-corrected chi connectivity index (χ4v) is 1.49. The summed E-state index contributed by atoms with van der Waals surface area (Å²) in [6.45, 7) is 0.237. The van der Waals surface area contributed by atoms with E-state index in [2.05, 4.69) is 10.6 Å². The first-order chi connectivity index (χ1) is 9.45. The molecule has 1 aromatic rings. The van der Waals surface area contributed by atoms with Gasteiger partial charge in [-0.15, -0.1) is 0 Å². The van der Waals surface area contributed by atoms with Crippen LogP contribution in [0.2, 0.25) is 0 Å². The summed E-state index contributed by atoms with van der Waals surface area (Å²) < 4.78 is 0. The van der Waals surface area contributed by atoms with Gasteiger partial charge in [0, 0.05) is 27.1 Å². The Kier molecular flexibility index (Phi) is 5.52. The molecule has 20 heavy (non-hydrogen) atoms. The number of hydrogen-bond acceptors (Lipinski definition) is 3. The van der Waals surface area contributed by atoms with Gasteiger partial charge in [-0.2, -0.15) is 0 Å². The van der Waals surface area contributed by atoms with Gasteiger partial charge in [0.1, 0.15) is 0 Å². The van der Waals surface area contributed by atoms with Gasteiger partial charge in [-0.25, -0.2) is 9.59 Å². The zero-order valence-corrected chi connectivity index (χ0v) is 11.3. The Morgan fingerprint density at radius 2 is 1.90 bits per heavy atom. The van der Waals surface area contributed by atoms with Gasteiger partial charge in [0.15, 0.2) is 0 Å².